The van der Waals surface area contributed by atoms with Gasteiger partial charge in [-0.15, -0.1) is 11.3 Å². The minimum Gasteiger partial charge on any atom is -0.241 e. The molecule has 0 N–H and O–H groups in total. The largest absolute Gasteiger partial charge is 0.241 e. The van der Waals surface area contributed by atoms with Crippen LogP contribution in [0.2, 0.25) is 0 Å². The van der Waals surface area contributed by atoms with E-state index in [4.69, 9.17) is 0 Å². The smallest absolute Gasteiger partial charge is 0.123 e. The van der Waals surface area contributed by atoms with E-state index in [1.807, 2.05) is 18.2 Å². The first-order chi connectivity index (χ1) is 6.27. The molecule has 0 aliphatic rings. The quantitative estimate of drug-likeness (QED) is 0.669. The van der Waals surface area contributed by atoms with Crippen molar-refractivity contribution >= 4 is 11.3 Å². The van der Waals surface area contributed by atoms with Crippen molar-refractivity contribution in [2.45, 2.75) is 13.8 Å². The second-order valence-electron chi connectivity index (χ2n) is 3.03. The first kappa shape index (κ1) is 8.45. The van der Waals surface area contributed by atoms with Gasteiger partial charge in [-0.25, -0.2) is 4.98 Å². The molecule has 0 aliphatic carbocycles. The highest BCUT2D eigenvalue weighted by molar-refractivity contribution is 7.15. The van der Waals surface area contributed by atoms with Crippen LogP contribution in [-0.2, 0) is 0 Å². The maximum atomic E-state index is 4.50. The van der Waals surface area contributed by atoms with Gasteiger partial charge in [0.2, 0.25) is 0 Å². The van der Waals surface area contributed by atoms with E-state index in [0.717, 1.165) is 10.7 Å². The van der Waals surface area contributed by atoms with Gasteiger partial charge in [0.25, 0.3) is 0 Å². The monoisotopic (exact) mass is 189 g/mol. The zero-order valence-electron chi connectivity index (χ0n) is 7.74. The van der Waals surface area contributed by atoms with Crippen LogP contribution in [0.3, 0.4) is 0 Å². The standard InChI is InChI=1S/C11H11NS/c1-8-9(2)13-11(12-8)10-6-4-3-5-7-10/h3-7H,1-2H3. The second-order valence-corrected chi connectivity index (χ2v) is 4.23. The summed E-state index contributed by atoms with van der Waals surface area (Å²) in [4.78, 5) is 5.80. The van der Waals surface area contributed by atoms with Crippen LogP contribution in [-0.4, -0.2) is 4.98 Å². The summed E-state index contributed by atoms with van der Waals surface area (Å²) in [6.07, 6.45) is 0. The third kappa shape index (κ3) is 1.63. The number of nitrogens with zero attached hydrogens (tertiary/aromatic N) is 1. The van der Waals surface area contributed by atoms with Gasteiger partial charge < -0.3 is 0 Å². The van der Waals surface area contributed by atoms with Gasteiger partial charge in [-0.3, -0.25) is 0 Å². The summed E-state index contributed by atoms with van der Waals surface area (Å²) >= 11 is 1.76. The van der Waals surface area contributed by atoms with Crippen molar-refractivity contribution in [3.63, 3.8) is 0 Å². The third-order valence-corrected chi connectivity index (χ3v) is 3.17. The van der Waals surface area contributed by atoms with Crippen LogP contribution in [0, 0.1) is 13.8 Å². The van der Waals surface area contributed by atoms with E-state index in [0.29, 0.717) is 0 Å². The van der Waals surface area contributed by atoms with Crippen molar-refractivity contribution in [3.05, 3.63) is 40.9 Å². The minimum atomic E-state index is 1.12. The molecule has 0 atom stereocenters. The van der Waals surface area contributed by atoms with E-state index in [1.165, 1.54) is 10.4 Å². The van der Waals surface area contributed by atoms with Crippen LogP contribution < -0.4 is 0 Å². The SMILES string of the molecule is Cc1nc(-c2ccccc2)sc1C. The molecule has 66 valence electrons. The summed E-state index contributed by atoms with van der Waals surface area (Å²) in [5, 5.41) is 1.12. The lowest BCUT2D eigenvalue weighted by molar-refractivity contribution is 1.23. The highest BCUT2D eigenvalue weighted by Crippen LogP contribution is 2.26. The highest BCUT2D eigenvalue weighted by Gasteiger charge is 2.04. The van der Waals surface area contributed by atoms with Crippen LogP contribution >= 0.6 is 11.3 Å². The second kappa shape index (κ2) is 3.30. The predicted octanol–water partition coefficient (Wildman–Crippen LogP) is 3.43. The first-order valence-corrected chi connectivity index (χ1v) is 5.08. The van der Waals surface area contributed by atoms with Crippen molar-refractivity contribution in [1.29, 1.82) is 0 Å². The number of aryl methyl sites for hydroxylation is 2. The van der Waals surface area contributed by atoms with Crippen LogP contribution in [0.25, 0.3) is 10.6 Å². The van der Waals surface area contributed by atoms with Crippen molar-refractivity contribution in [2.75, 3.05) is 0 Å². The van der Waals surface area contributed by atoms with Crippen LogP contribution in [0.5, 0.6) is 0 Å². The lowest BCUT2D eigenvalue weighted by atomic mass is 10.2. The predicted molar refractivity (Wildman–Crippen MR) is 57.0 cm³/mol. The molecule has 2 heteroatoms. The van der Waals surface area contributed by atoms with Gasteiger partial charge in [-0.2, -0.15) is 0 Å². The number of benzene rings is 1. The molecular weight excluding hydrogens is 178 g/mol. The zero-order chi connectivity index (χ0) is 9.26. The molecule has 0 amide bonds. The lowest BCUT2D eigenvalue weighted by Gasteiger charge is -1.92. The van der Waals surface area contributed by atoms with Gasteiger partial charge >= 0.3 is 0 Å². The minimum absolute atomic E-state index is 1.12. The molecule has 0 unspecified atom stereocenters. The number of hydrogen-bond donors (Lipinski definition) is 0. The summed E-state index contributed by atoms with van der Waals surface area (Å²) in [5.74, 6) is 0. The molecule has 2 aromatic rings. The molecule has 0 saturated heterocycles. The fourth-order valence-corrected chi connectivity index (χ4v) is 2.10. The summed E-state index contributed by atoms with van der Waals surface area (Å²) in [5.41, 5.74) is 2.35. The molecule has 1 aromatic heterocycles. The summed E-state index contributed by atoms with van der Waals surface area (Å²) in [6, 6.07) is 10.3. The molecule has 13 heavy (non-hydrogen) atoms. The number of rotatable bonds is 1. The fourth-order valence-electron chi connectivity index (χ4n) is 1.18. The van der Waals surface area contributed by atoms with Crippen LogP contribution in [0.1, 0.15) is 10.6 Å². The van der Waals surface area contributed by atoms with Crippen molar-refractivity contribution in [3.8, 4) is 10.6 Å². The Morgan fingerprint density at radius 1 is 1.08 bits per heavy atom. The highest BCUT2D eigenvalue weighted by atomic mass is 32.1. The molecule has 0 spiro atoms. The molecule has 1 nitrogen and oxygen atoms in total. The van der Waals surface area contributed by atoms with Gasteiger partial charge in [-0.1, -0.05) is 30.3 Å². The molecular formula is C11H11NS. The van der Waals surface area contributed by atoms with Gasteiger partial charge in [0.15, 0.2) is 0 Å². The molecule has 2 rings (SSSR count). The molecule has 0 fully saturated rings. The van der Waals surface area contributed by atoms with Crippen molar-refractivity contribution < 1.29 is 0 Å². The van der Waals surface area contributed by atoms with E-state index in [1.54, 1.807) is 11.3 Å². The Morgan fingerprint density at radius 2 is 1.77 bits per heavy atom. The van der Waals surface area contributed by atoms with E-state index in [2.05, 4.69) is 31.0 Å². The van der Waals surface area contributed by atoms with Crippen LogP contribution in [0.4, 0.5) is 0 Å². The van der Waals surface area contributed by atoms with E-state index >= 15 is 0 Å². The van der Waals surface area contributed by atoms with Gasteiger partial charge in [0, 0.05) is 10.4 Å². The molecule has 1 heterocycles. The average Bonchev–Trinajstić information content (AvgIpc) is 2.49. The normalized spacial score (nSPS) is 10.3. The van der Waals surface area contributed by atoms with E-state index < -0.39 is 0 Å². The molecule has 0 radical (unpaired) electrons. The molecule has 0 saturated carbocycles. The first-order valence-electron chi connectivity index (χ1n) is 4.27. The van der Waals surface area contributed by atoms with Crippen molar-refractivity contribution in [2.24, 2.45) is 0 Å². The molecule has 0 aliphatic heterocycles. The van der Waals surface area contributed by atoms with E-state index in [9.17, 15) is 0 Å². The average molecular weight is 189 g/mol. The Hall–Kier alpha value is -1.15. The Balaban J connectivity index is 2.48. The van der Waals surface area contributed by atoms with Crippen LogP contribution in [0.15, 0.2) is 30.3 Å². The van der Waals surface area contributed by atoms with Gasteiger partial charge in [0.05, 0.1) is 5.69 Å². The number of aromatic nitrogens is 1. The maximum absolute atomic E-state index is 4.50. The fraction of sp³-hybridized carbons (Fsp3) is 0.182. The zero-order valence-corrected chi connectivity index (χ0v) is 8.56. The number of hydrogen-bond acceptors (Lipinski definition) is 2. The van der Waals surface area contributed by atoms with Crippen molar-refractivity contribution in [1.82, 2.24) is 4.98 Å². The number of thiazole rings is 1. The summed E-state index contributed by atoms with van der Waals surface area (Å²) in [7, 11) is 0. The Kier molecular flexibility index (Phi) is 2.15. The Labute approximate surface area is 82.1 Å². The Morgan fingerprint density at radius 3 is 2.31 bits per heavy atom. The van der Waals surface area contributed by atoms with Gasteiger partial charge in [0.1, 0.15) is 5.01 Å². The summed E-state index contributed by atoms with van der Waals surface area (Å²) < 4.78 is 0. The van der Waals surface area contributed by atoms with E-state index in [-0.39, 0.29) is 0 Å². The Bertz CT molecular complexity index is 384. The lowest BCUT2D eigenvalue weighted by Crippen LogP contribution is -1.75. The molecule has 0 bridgehead atoms. The topological polar surface area (TPSA) is 12.9 Å². The van der Waals surface area contributed by atoms with Gasteiger partial charge in [-0.05, 0) is 13.8 Å². The third-order valence-electron chi connectivity index (χ3n) is 2.05. The maximum Gasteiger partial charge on any atom is 0.123 e. The molecule has 1 aromatic carbocycles. The summed E-state index contributed by atoms with van der Waals surface area (Å²) in [6.45, 7) is 4.16.